The Morgan fingerprint density at radius 1 is 1.05 bits per heavy atom. The summed E-state index contributed by atoms with van der Waals surface area (Å²) in [4.78, 5) is 0. The molecule has 0 fully saturated rings. The number of rotatable bonds is 2. The Labute approximate surface area is 129 Å². The second-order valence-electron chi connectivity index (χ2n) is 4.27. The topological polar surface area (TPSA) is 24.1 Å². The van der Waals surface area contributed by atoms with Crippen molar-refractivity contribution in [2.24, 2.45) is 0 Å². The van der Waals surface area contributed by atoms with Gasteiger partial charge in [0.1, 0.15) is 0 Å². The van der Waals surface area contributed by atoms with Gasteiger partial charge < -0.3 is 10.6 Å². The van der Waals surface area contributed by atoms with Crippen LogP contribution in [0, 0.1) is 24.4 Å². The standard InChI is InChI=1S/C14H10ClF3N2S/c1-7-2-3-8(6-9(7)15)19-14(21)20-11-5-4-10(16)12(17)13(11)18/h2-6H,1H3,(H2,19,20,21). The van der Waals surface area contributed by atoms with E-state index in [4.69, 9.17) is 23.8 Å². The molecule has 0 saturated heterocycles. The van der Waals surface area contributed by atoms with Gasteiger partial charge in [-0.25, -0.2) is 13.2 Å². The molecule has 0 aliphatic heterocycles. The number of nitrogens with one attached hydrogen (secondary N) is 2. The summed E-state index contributed by atoms with van der Waals surface area (Å²) in [6.45, 7) is 1.85. The zero-order valence-corrected chi connectivity index (χ0v) is 12.4. The van der Waals surface area contributed by atoms with Crippen molar-refractivity contribution in [3.05, 3.63) is 58.4 Å². The summed E-state index contributed by atoms with van der Waals surface area (Å²) in [5, 5.41) is 5.80. The molecule has 0 spiro atoms. The molecule has 0 unspecified atom stereocenters. The van der Waals surface area contributed by atoms with Gasteiger partial charge in [0.2, 0.25) is 0 Å². The molecule has 2 rings (SSSR count). The second kappa shape index (κ2) is 6.32. The Kier molecular flexibility index (Phi) is 4.69. The summed E-state index contributed by atoms with van der Waals surface area (Å²) in [7, 11) is 0. The smallest absolute Gasteiger partial charge is 0.196 e. The van der Waals surface area contributed by atoms with Crippen LogP contribution in [0.3, 0.4) is 0 Å². The molecule has 0 aliphatic carbocycles. The molecular weight excluding hydrogens is 321 g/mol. The maximum atomic E-state index is 13.5. The van der Waals surface area contributed by atoms with Gasteiger partial charge in [0.15, 0.2) is 22.6 Å². The van der Waals surface area contributed by atoms with Crippen LogP contribution in [0.1, 0.15) is 5.56 Å². The molecule has 2 N–H and O–H groups in total. The van der Waals surface area contributed by atoms with Crippen molar-refractivity contribution in [3.63, 3.8) is 0 Å². The quantitative estimate of drug-likeness (QED) is 0.606. The highest BCUT2D eigenvalue weighted by molar-refractivity contribution is 7.80. The Hall–Kier alpha value is -1.79. The van der Waals surface area contributed by atoms with E-state index in [0.717, 1.165) is 17.7 Å². The monoisotopic (exact) mass is 330 g/mol. The van der Waals surface area contributed by atoms with E-state index in [9.17, 15) is 13.2 Å². The summed E-state index contributed by atoms with van der Waals surface area (Å²) in [6, 6.07) is 7.03. The molecular formula is C14H10ClF3N2S. The molecule has 0 heterocycles. The van der Waals surface area contributed by atoms with Crippen LogP contribution in [-0.4, -0.2) is 5.11 Å². The molecule has 0 aliphatic rings. The second-order valence-corrected chi connectivity index (χ2v) is 5.08. The lowest BCUT2D eigenvalue weighted by molar-refractivity contribution is 0.449. The van der Waals surface area contributed by atoms with E-state index in [1.165, 1.54) is 0 Å². The zero-order chi connectivity index (χ0) is 15.6. The van der Waals surface area contributed by atoms with E-state index in [-0.39, 0.29) is 10.8 Å². The SMILES string of the molecule is Cc1ccc(NC(=S)Nc2ccc(F)c(F)c2F)cc1Cl. The average molecular weight is 331 g/mol. The first-order valence-corrected chi connectivity index (χ1v) is 6.64. The molecule has 110 valence electrons. The molecule has 0 bridgehead atoms. The van der Waals surface area contributed by atoms with Crippen molar-refractivity contribution >= 4 is 40.3 Å². The van der Waals surface area contributed by atoms with Crippen molar-refractivity contribution < 1.29 is 13.2 Å². The summed E-state index contributed by atoms with van der Waals surface area (Å²) < 4.78 is 39.4. The largest absolute Gasteiger partial charge is 0.332 e. The van der Waals surface area contributed by atoms with Gasteiger partial charge in [-0.1, -0.05) is 17.7 Å². The lowest BCUT2D eigenvalue weighted by Crippen LogP contribution is -2.20. The van der Waals surface area contributed by atoms with Gasteiger partial charge in [0, 0.05) is 10.7 Å². The fourth-order valence-corrected chi connectivity index (χ4v) is 1.99. The minimum Gasteiger partial charge on any atom is -0.332 e. The number of benzene rings is 2. The van der Waals surface area contributed by atoms with Gasteiger partial charge in [-0.05, 0) is 49.0 Å². The van der Waals surface area contributed by atoms with Crippen LogP contribution in [-0.2, 0) is 0 Å². The number of halogens is 4. The van der Waals surface area contributed by atoms with Crippen LogP contribution >= 0.6 is 23.8 Å². The van der Waals surface area contributed by atoms with Crippen LogP contribution in [0.15, 0.2) is 30.3 Å². The first-order valence-electron chi connectivity index (χ1n) is 5.86. The van der Waals surface area contributed by atoms with E-state index in [1.54, 1.807) is 18.2 Å². The lowest BCUT2D eigenvalue weighted by atomic mass is 10.2. The van der Waals surface area contributed by atoms with Crippen LogP contribution in [0.2, 0.25) is 5.02 Å². The minimum atomic E-state index is -1.55. The summed E-state index contributed by atoms with van der Waals surface area (Å²) in [5.74, 6) is -4.15. The molecule has 21 heavy (non-hydrogen) atoms. The van der Waals surface area contributed by atoms with E-state index in [0.29, 0.717) is 10.7 Å². The van der Waals surface area contributed by atoms with Crippen molar-refractivity contribution in [2.75, 3.05) is 10.6 Å². The summed E-state index contributed by atoms with van der Waals surface area (Å²) in [6.07, 6.45) is 0. The molecule has 0 amide bonds. The highest BCUT2D eigenvalue weighted by Gasteiger charge is 2.14. The van der Waals surface area contributed by atoms with Gasteiger partial charge in [-0.3, -0.25) is 0 Å². The maximum absolute atomic E-state index is 13.5. The first-order chi connectivity index (χ1) is 9.88. The number of hydrogen-bond donors (Lipinski definition) is 2. The molecule has 2 nitrogen and oxygen atoms in total. The fourth-order valence-electron chi connectivity index (χ4n) is 1.58. The van der Waals surface area contributed by atoms with E-state index < -0.39 is 17.5 Å². The van der Waals surface area contributed by atoms with Crippen LogP contribution < -0.4 is 10.6 Å². The number of anilines is 2. The van der Waals surface area contributed by atoms with Crippen molar-refractivity contribution in [2.45, 2.75) is 6.92 Å². The van der Waals surface area contributed by atoms with Crippen molar-refractivity contribution in [1.29, 1.82) is 0 Å². The number of hydrogen-bond acceptors (Lipinski definition) is 1. The van der Waals surface area contributed by atoms with Gasteiger partial charge >= 0.3 is 0 Å². The number of aryl methyl sites for hydroxylation is 1. The predicted molar refractivity (Wildman–Crippen MR) is 82.3 cm³/mol. The first kappa shape index (κ1) is 15.6. The third-order valence-electron chi connectivity index (χ3n) is 2.71. The highest BCUT2D eigenvalue weighted by Crippen LogP contribution is 2.22. The lowest BCUT2D eigenvalue weighted by Gasteiger charge is -2.12. The molecule has 0 aromatic heterocycles. The third-order valence-corrected chi connectivity index (χ3v) is 3.32. The molecule has 2 aromatic rings. The maximum Gasteiger partial charge on any atom is 0.196 e. The van der Waals surface area contributed by atoms with Gasteiger partial charge in [-0.2, -0.15) is 0 Å². The molecule has 0 radical (unpaired) electrons. The highest BCUT2D eigenvalue weighted by atomic mass is 35.5. The summed E-state index contributed by atoms with van der Waals surface area (Å²) in [5.41, 5.74) is 1.23. The van der Waals surface area contributed by atoms with Crippen LogP contribution in [0.5, 0.6) is 0 Å². The average Bonchev–Trinajstić information content (AvgIpc) is 2.44. The molecule has 7 heteroatoms. The Balaban J connectivity index is 2.12. The van der Waals surface area contributed by atoms with Crippen LogP contribution in [0.25, 0.3) is 0 Å². The third kappa shape index (κ3) is 3.65. The summed E-state index contributed by atoms with van der Waals surface area (Å²) >= 11 is 10.9. The predicted octanol–water partition coefficient (Wildman–Crippen LogP) is 4.87. The number of thiocarbonyl (C=S) groups is 1. The van der Waals surface area contributed by atoms with Gasteiger partial charge in [-0.15, -0.1) is 0 Å². The minimum absolute atomic E-state index is 0.0276. The van der Waals surface area contributed by atoms with E-state index in [2.05, 4.69) is 10.6 Å². The van der Waals surface area contributed by atoms with Crippen molar-refractivity contribution in [3.8, 4) is 0 Å². The Morgan fingerprint density at radius 2 is 1.76 bits per heavy atom. The van der Waals surface area contributed by atoms with Crippen molar-refractivity contribution in [1.82, 2.24) is 0 Å². The van der Waals surface area contributed by atoms with Gasteiger partial charge in [0.25, 0.3) is 0 Å². The Morgan fingerprint density at radius 3 is 2.43 bits per heavy atom. The zero-order valence-electron chi connectivity index (χ0n) is 10.8. The molecule has 0 atom stereocenters. The van der Waals surface area contributed by atoms with E-state index >= 15 is 0 Å². The molecule has 2 aromatic carbocycles. The van der Waals surface area contributed by atoms with Gasteiger partial charge in [0.05, 0.1) is 5.69 Å². The fraction of sp³-hybridized carbons (Fsp3) is 0.0714. The van der Waals surface area contributed by atoms with E-state index in [1.807, 2.05) is 6.92 Å². The normalized spacial score (nSPS) is 10.3. The Bertz CT molecular complexity index is 707. The molecule has 0 saturated carbocycles. The van der Waals surface area contributed by atoms with Crippen LogP contribution in [0.4, 0.5) is 24.5 Å².